The summed E-state index contributed by atoms with van der Waals surface area (Å²) in [6, 6.07) is 13.3. The summed E-state index contributed by atoms with van der Waals surface area (Å²) in [6.45, 7) is 0. The first-order chi connectivity index (χ1) is 12.3. The lowest BCUT2D eigenvalue weighted by molar-refractivity contribution is 0.415. The average Bonchev–Trinajstić information content (AvgIpc) is 3.25. The summed E-state index contributed by atoms with van der Waals surface area (Å²) in [7, 11) is 1.63. The van der Waals surface area contributed by atoms with Crippen LogP contribution in [0.2, 0.25) is 0 Å². The van der Waals surface area contributed by atoms with Crippen LogP contribution in [0.3, 0.4) is 0 Å². The molecule has 0 saturated carbocycles. The Kier molecular flexibility index (Phi) is 3.76. The highest BCUT2D eigenvalue weighted by atomic mass is 32.1. The molecule has 0 spiro atoms. The van der Waals surface area contributed by atoms with Crippen molar-refractivity contribution >= 4 is 32.5 Å². The third kappa shape index (κ3) is 2.77. The number of ether oxygens (including phenoxy) is 1. The monoisotopic (exact) mass is 348 g/mol. The lowest BCUT2D eigenvalue weighted by Crippen LogP contribution is -2.04. The van der Waals surface area contributed by atoms with E-state index < -0.39 is 0 Å². The molecule has 0 atom stereocenters. The van der Waals surface area contributed by atoms with Gasteiger partial charge in [0.25, 0.3) is 0 Å². The maximum Gasteiger partial charge on any atom is 0.189 e. The minimum atomic E-state index is 0.419. The minimum absolute atomic E-state index is 0.419. The molecule has 0 fully saturated rings. The Balaban J connectivity index is 1.76. The number of benzene rings is 1. The summed E-state index contributed by atoms with van der Waals surface area (Å²) in [5.41, 5.74) is 1.28. The van der Waals surface area contributed by atoms with Crippen LogP contribution in [0.25, 0.3) is 16.0 Å². The van der Waals surface area contributed by atoms with Gasteiger partial charge in [-0.05, 0) is 30.3 Å². The minimum Gasteiger partial charge on any atom is -0.497 e. The Morgan fingerprint density at radius 2 is 2.20 bits per heavy atom. The molecule has 3 heterocycles. The van der Waals surface area contributed by atoms with Crippen molar-refractivity contribution in [3.63, 3.8) is 0 Å². The zero-order chi connectivity index (χ0) is 17.2. The van der Waals surface area contributed by atoms with E-state index in [-0.39, 0.29) is 0 Å². The van der Waals surface area contributed by atoms with Crippen LogP contribution >= 0.6 is 11.3 Å². The van der Waals surface area contributed by atoms with Crippen molar-refractivity contribution in [1.82, 2.24) is 19.7 Å². The third-order valence-corrected chi connectivity index (χ3v) is 4.51. The zero-order valence-electron chi connectivity index (χ0n) is 13.2. The van der Waals surface area contributed by atoms with E-state index >= 15 is 0 Å². The highest BCUT2D eigenvalue weighted by molar-refractivity contribution is 7.22. The van der Waals surface area contributed by atoms with E-state index in [0.29, 0.717) is 22.3 Å². The zero-order valence-corrected chi connectivity index (χ0v) is 14.0. The Morgan fingerprint density at radius 3 is 2.96 bits per heavy atom. The van der Waals surface area contributed by atoms with E-state index in [9.17, 15) is 5.26 Å². The standard InChI is InChI=1S/C17H12N6OS/c1-24-12-5-6-13-14(8-12)25-17(21-13)22-16-11(9-18)10-20-23(16)15-4-2-3-7-19-15/h2-8,10H,1H3,(H,21,22). The fraction of sp³-hybridized carbons (Fsp3) is 0.0588. The van der Waals surface area contributed by atoms with Crippen LogP contribution in [-0.4, -0.2) is 26.9 Å². The number of fused-ring (bicyclic) bond motifs is 1. The van der Waals surface area contributed by atoms with E-state index in [1.807, 2.05) is 36.4 Å². The summed E-state index contributed by atoms with van der Waals surface area (Å²) in [5.74, 6) is 1.93. The van der Waals surface area contributed by atoms with Gasteiger partial charge in [0.05, 0.1) is 23.5 Å². The van der Waals surface area contributed by atoms with Crippen molar-refractivity contribution in [3.05, 3.63) is 54.4 Å². The van der Waals surface area contributed by atoms with E-state index in [1.54, 1.807) is 18.0 Å². The van der Waals surface area contributed by atoms with Gasteiger partial charge in [0.15, 0.2) is 16.8 Å². The van der Waals surface area contributed by atoms with Gasteiger partial charge in [-0.25, -0.2) is 9.97 Å². The molecule has 1 N–H and O–H groups in total. The highest BCUT2D eigenvalue weighted by Crippen LogP contribution is 2.32. The normalized spacial score (nSPS) is 10.6. The van der Waals surface area contributed by atoms with Crippen molar-refractivity contribution < 1.29 is 4.74 Å². The quantitative estimate of drug-likeness (QED) is 0.607. The van der Waals surface area contributed by atoms with Crippen LogP contribution in [0.4, 0.5) is 10.9 Å². The second-order valence-corrected chi connectivity index (χ2v) is 6.13. The van der Waals surface area contributed by atoms with E-state index in [4.69, 9.17) is 4.74 Å². The maximum absolute atomic E-state index is 9.37. The molecule has 7 nitrogen and oxygen atoms in total. The Morgan fingerprint density at radius 1 is 1.28 bits per heavy atom. The van der Waals surface area contributed by atoms with Gasteiger partial charge in [-0.1, -0.05) is 17.4 Å². The lowest BCUT2D eigenvalue weighted by Gasteiger charge is -2.07. The summed E-state index contributed by atoms with van der Waals surface area (Å²) < 4.78 is 7.82. The average molecular weight is 348 g/mol. The molecule has 122 valence electrons. The number of nitrogens with one attached hydrogen (secondary N) is 1. The highest BCUT2D eigenvalue weighted by Gasteiger charge is 2.15. The molecule has 0 aliphatic rings. The number of pyridine rings is 1. The van der Waals surface area contributed by atoms with Crippen LogP contribution in [0.5, 0.6) is 5.75 Å². The number of anilines is 2. The summed E-state index contributed by atoms with van der Waals surface area (Å²) in [4.78, 5) is 8.84. The molecule has 0 amide bonds. The molecule has 25 heavy (non-hydrogen) atoms. The Hall–Kier alpha value is -3.44. The van der Waals surface area contributed by atoms with E-state index in [0.717, 1.165) is 16.0 Å². The van der Waals surface area contributed by atoms with Crippen LogP contribution in [0.1, 0.15) is 5.56 Å². The van der Waals surface area contributed by atoms with Gasteiger partial charge >= 0.3 is 0 Å². The number of thiazole rings is 1. The largest absolute Gasteiger partial charge is 0.497 e. The Labute approximate surface area is 147 Å². The molecule has 4 aromatic rings. The molecule has 0 aliphatic carbocycles. The fourth-order valence-electron chi connectivity index (χ4n) is 2.39. The summed E-state index contributed by atoms with van der Waals surface area (Å²) in [6.07, 6.45) is 3.18. The van der Waals surface area contributed by atoms with Crippen LogP contribution in [-0.2, 0) is 0 Å². The van der Waals surface area contributed by atoms with Crippen molar-refractivity contribution in [2.75, 3.05) is 12.4 Å². The number of aromatic nitrogens is 4. The van der Waals surface area contributed by atoms with Gasteiger partial charge in [-0.2, -0.15) is 15.0 Å². The first kappa shape index (κ1) is 15.1. The number of methoxy groups -OCH3 is 1. The van der Waals surface area contributed by atoms with E-state index in [1.165, 1.54) is 17.5 Å². The topological polar surface area (TPSA) is 88.6 Å². The number of nitrogens with zero attached hydrogens (tertiary/aromatic N) is 5. The van der Waals surface area contributed by atoms with Crippen LogP contribution < -0.4 is 10.1 Å². The molecular formula is C17H12N6OS. The van der Waals surface area contributed by atoms with Crippen molar-refractivity contribution in [1.29, 1.82) is 5.26 Å². The van der Waals surface area contributed by atoms with Gasteiger partial charge in [0.2, 0.25) is 0 Å². The molecule has 1 aromatic carbocycles. The fourth-order valence-corrected chi connectivity index (χ4v) is 3.28. The Bertz CT molecular complexity index is 1080. The molecule has 0 saturated heterocycles. The van der Waals surface area contributed by atoms with Crippen molar-refractivity contribution in [3.8, 4) is 17.6 Å². The predicted octanol–water partition coefficient (Wildman–Crippen LogP) is 3.50. The van der Waals surface area contributed by atoms with Crippen LogP contribution in [0.15, 0.2) is 48.8 Å². The molecular weight excluding hydrogens is 336 g/mol. The third-order valence-electron chi connectivity index (χ3n) is 3.58. The lowest BCUT2D eigenvalue weighted by atomic mass is 10.3. The molecule has 4 rings (SSSR count). The summed E-state index contributed by atoms with van der Waals surface area (Å²) >= 11 is 1.47. The van der Waals surface area contributed by atoms with Gasteiger partial charge in [0.1, 0.15) is 17.4 Å². The number of rotatable bonds is 4. The van der Waals surface area contributed by atoms with Crippen molar-refractivity contribution in [2.24, 2.45) is 0 Å². The second-order valence-electron chi connectivity index (χ2n) is 5.10. The second kappa shape index (κ2) is 6.22. The molecule has 0 aliphatic heterocycles. The maximum atomic E-state index is 9.37. The predicted molar refractivity (Wildman–Crippen MR) is 95.5 cm³/mol. The van der Waals surface area contributed by atoms with E-state index in [2.05, 4.69) is 26.5 Å². The molecule has 3 aromatic heterocycles. The molecule has 0 radical (unpaired) electrons. The SMILES string of the molecule is COc1ccc2nc(Nc3c(C#N)cnn3-c3ccccn3)sc2c1. The number of hydrogen-bond donors (Lipinski definition) is 1. The van der Waals surface area contributed by atoms with Crippen molar-refractivity contribution in [2.45, 2.75) is 0 Å². The molecule has 8 heteroatoms. The molecule has 0 bridgehead atoms. The number of hydrogen-bond acceptors (Lipinski definition) is 7. The van der Waals surface area contributed by atoms with Gasteiger partial charge in [-0.3, -0.25) is 0 Å². The smallest absolute Gasteiger partial charge is 0.189 e. The van der Waals surface area contributed by atoms with Gasteiger partial charge in [0, 0.05) is 6.20 Å². The summed E-state index contributed by atoms with van der Waals surface area (Å²) in [5, 5.41) is 17.5. The van der Waals surface area contributed by atoms with Gasteiger partial charge < -0.3 is 10.1 Å². The van der Waals surface area contributed by atoms with Crippen LogP contribution in [0, 0.1) is 11.3 Å². The first-order valence-electron chi connectivity index (χ1n) is 7.39. The molecule has 0 unspecified atom stereocenters. The number of nitriles is 1. The first-order valence-corrected chi connectivity index (χ1v) is 8.21. The van der Waals surface area contributed by atoms with Gasteiger partial charge in [-0.15, -0.1) is 0 Å².